The Labute approximate surface area is 89.2 Å². The van der Waals surface area contributed by atoms with Crippen molar-refractivity contribution in [1.29, 1.82) is 0 Å². The standard InChI is InChI=1S/C10H18N2OS/c1-8(9-4-14-7-12-9)11-5-10(2,3)6-13/h4,7-8,11,13H,5-6H2,1-3H3. The van der Waals surface area contributed by atoms with Gasteiger partial charge in [-0.15, -0.1) is 11.3 Å². The summed E-state index contributed by atoms with van der Waals surface area (Å²) in [5.74, 6) is 0. The third kappa shape index (κ3) is 3.36. The first-order chi connectivity index (χ1) is 6.55. The molecule has 0 saturated carbocycles. The molecule has 0 aromatic carbocycles. The van der Waals surface area contributed by atoms with E-state index < -0.39 is 0 Å². The summed E-state index contributed by atoms with van der Waals surface area (Å²) >= 11 is 1.61. The molecule has 1 atom stereocenters. The Kier molecular flexibility index (Phi) is 4.04. The fraction of sp³-hybridized carbons (Fsp3) is 0.700. The molecule has 0 saturated heterocycles. The lowest BCUT2D eigenvalue weighted by Gasteiger charge is -2.24. The van der Waals surface area contributed by atoms with Gasteiger partial charge >= 0.3 is 0 Å². The number of hydrogen-bond donors (Lipinski definition) is 2. The van der Waals surface area contributed by atoms with Crippen molar-refractivity contribution in [2.45, 2.75) is 26.8 Å². The minimum atomic E-state index is -0.0652. The molecule has 0 radical (unpaired) electrons. The monoisotopic (exact) mass is 214 g/mol. The maximum atomic E-state index is 9.08. The third-order valence-corrected chi connectivity index (χ3v) is 2.81. The molecule has 0 aliphatic heterocycles. The van der Waals surface area contributed by atoms with Gasteiger partial charge in [-0.05, 0) is 6.92 Å². The van der Waals surface area contributed by atoms with Crippen LogP contribution in [0.2, 0.25) is 0 Å². The van der Waals surface area contributed by atoms with Crippen molar-refractivity contribution in [3.63, 3.8) is 0 Å². The molecule has 80 valence electrons. The van der Waals surface area contributed by atoms with Crippen molar-refractivity contribution >= 4 is 11.3 Å². The van der Waals surface area contributed by atoms with Crippen LogP contribution in [-0.2, 0) is 0 Å². The van der Waals surface area contributed by atoms with Crippen LogP contribution in [0, 0.1) is 5.41 Å². The van der Waals surface area contributed by atoms with Gasteiger partial charge in [0, 0.05) is 30.0 Å². The van der Waals surface area contributed by atoms with Crippen LogP contribution in [0.4, 0.5) is 0 Å². The summed E-state index contributed by atoms with van der Waals surface area (Å²) < 4.78 is 0. The molecule has 14 heavy (non-hydrogen) atoms. The van der Waals surface area contributed by atoms with Gasteiger partial charge in [0.15, 0.2) is 0 Å². The van der Waals surface area contributed by atoms with E-state index >= 15 is 0 Å². The number of nitrogens with zero attached hydrogens (tertiary/aromatic N) is 1. The Morgan fingerprint density at radius 2 is 2.36 bits per heavy atom. The van der Waals surface area contributed by atoms with E-state index in [0.29, 0.717) is 0 Å². The van der Waals surface area contributed by atoms with E-state index in [1.165, 1.54) is 0 Å². The number of aliphatic hydroxyl groups is 1. The first-order valence-electron chi connectivity index (χ1n) is 4.77. The Morgan fingerprint density at radius 1 is 1.64 bits per heavy atom. The molecule has 0 spiro atoms. The SMILES string of the molecule is CC(NCC(C)(C)CO)c1cscn1. The van der Waals surface area contributed by atoms with Gasteiger partial charge in [0.25, 0.3) is 0 Å². The first-order valence-corrected chi connectivity index (χ1v) is 5.72. The van der Waals surface area contributed by atoms with Gasteiger partial charge in [0.1, 0.15) is 0 Å². The zero-order valence-corrected chi connectivity index (χ0v) is 9.77. The van der Waals surface area contributed by atoms with Crippen molar-refractivity contribution in [2.24, 2.45) is 5.41 Å². The van der Waals surface area contributed by atoms with Crippen molar-refractivity contribution in [2.75, 3.05) is 13.2 Å². The molecule has 0 fully saturated rings. The maximum absolute atomic E-state index is 9.08. The van der Waals surface area contributed by atoms with Crippen LogP contribution in [0.25, 0.3) is 0 Å². The largest absolute Gasteiger partial charge is 0.396 e. The zero-order valence-electron chi connectivity index (χ0n) is 8.95. The van der Waals surface area contributed by atoms with Crippen molar-refractivity contribution in [1.82, 2.24) is 10.3 Å². The van der Waals surface area contributed by atoms with Crippen LogP contribution in [0.3, 0.4) is 0 Å². The topological polar surface area (TPSA) is 45.1 Å². The second-order valence-corrected chi connectivity index (χ2v) is 5.06. The van der Waals surface area contributed by atoms with Gasteiger partial charge in [0.2, 0.25) is 0 Å². The minimum absolute atomic E-state index is 0.0652. The summed E-state index contributed by atoms with van der Waals surface area (Å²) in [6.07, 6.45) is 0. The molecule has 0 aliphatic carbocycles. The summed E-state index contributed by atoms with van der Waals surface area (Å²) in [7, 11) is 0. The van der Waals surface area contributed by atoms with Gasteiger partial charge < -0.3 is 10.4 Å². The second-order valence-electron chi connectivity index (χ2n) is 4.34. The number of aromatic nitrogens is 1. The van der Waals surface area contributed by atoms with Gasteiger partial charge in [-0.1, -0.05) is 13.8 Å². The molecule has 3 nitrogen and oxygen atoms in total. The molecule has 1 unspecified atom stereocenters. The zero-order chi connectivity index (χ0) is 10.6. The molecule has 0 bridgehead atoms. The van der Waals surface area contributed by atoms with E-state index in [1.54, 1.807) is 11.3 Å². The lowest BCUT2D eigenvalue weighted by Crippen LogP contribution is -2.33. The van der Waals surface area contributed by atoms with Gasteiger partial charge in [-0.25, -0.2) is 4.98 Å². The molecular weight excluding hydrogens is 196 g/mol. The summed E-state index contributed by atoms with van der Waals surface area (Å²) in [5, 5.41) is 14.5. The molecule has 0 aliphatic rings. The van der Waals surface area contributed by atoms with Crippen molar-refractivity contribution < 1.29 is 5.11 Å². The van der Waals surface area contributed by atoms with Crippen LogP contribution in [0.5, 0.6) is 0 Å². The predicted octanol–water partition coefficient (Wildman–Crippen LogP) is 1.81. The highest BCUT2D eigenvalue weighted by molar-refractivity contribution is 7.07. The molecular formula is C10H18N2OS. The summed E-state index contributed by atoms with van der Waals surface area (Å²) in [6, 6.07) is 0.257. The number of nitrogens with one attached hydrogen (secondary N) is 1. The van der Waals surface area contributed by atoms with Crippen molar-refractivity contribution in [3.05, 3.63) is 16.6 Å². The molecule has 0 amide bonds. The minimum Gasteiger partial charge on any atom is -0.396 e. The molecule has 1 aromatic rings. The fourth-order valence-corrected chi connectivity index (χ4v) is 1.67. The Balaban J connectivity index is 2.39. The Bertz CT molecular complexity index is 259. The van der Waals surface area contributed by atoms with Crippen LogP contribution in [0.1, 0.15) is 32.5 Å². The Morgan fingerprint density at radius 3 is 2.86 bits per heavy atom. The van der Waals surface area contributed by atoms with E-state index in [1.807, 2.05) is 24.7 Å². The van der Waals surface area contributed by atoms with Crippen LogP contribution in [0.15, 0.2) is 10.9 Å². The predicted molar refractivity (Wildman–Crippen MR) is 59.4 cm³/mol. The summed E-state index contributed by atoms with van der Waals surface area (Å²) in [4.78, 5) is 4.24. The van der Waals surface area contributed by atoms with Crippen LogP contribution < -0.4 is 5.32 Å². The molecule has 1 heterocycles. The summed E-state index contributed by atoms with van der Waals surface area (Å²) in [5.41, 5.74) is 2.85. The van der Waals surface area contributed by atoms with E-state index in [9.17, 15) is 0 Å². The molecule has 2 N–H and O–H groups in total. The molecule has 1 rings (SSSR count). The fourth-order valence-electron chi connectivity index (χ4n) is 1.03. The lowest BCUT2D eigenvalue weighted by molar-refractivity contribution is 0.153. The van der Waals surface area contributed by atoms with Crippen LogP contribution in [-0.4, -0.2) is 23.2 Å². The molecule has 1 aromatic heterocycles. The lowest BCUT2D eigenvalue weighted by atomic mass is 9.94. The van der Waals surface area contributed by atoms with Gasteiger partial charge in [-0.3, -0.25) is 0 Å². The first kappa shape index (κ1) is 11.6. The molecule has 4 heteroatoms. The Hall–Kier alpha value is -0.450. The van der Waals surface area contributed by atoms with E-state index in [4.69, 9.17) is 5.11 Å². The van der Waals surface area contributed by atoms with E-state index in [2.05, 4.69) is 17.2 Å². The third-order valence-electron chi connectivity index (χ3n) is 2.21. The van der Waals surface area contributed by atoms with Gasteiger partial charge in [0.05, 0.1) is 11.2 Å². The normalized spacial score (nSPS) is 14.3. The van der Waals surface area contributed by atoms with Crippen molar-refractivity contribution in [3.8, 4) is 0 Å². The van der Waals surface area contributed by atoms with E-state index in [0.717, 1.165) is 12.2 Å². The second kappa shape index (κ2) is 4.87. The average Bonchev–Trinajstić information content (AvgIpc) is 2.67. The highest BCUT2D eigenvalue weighted by atomic mass is 32.1. The highest BCUT2D eigenvalue weighted by Crippen LogP contribution is 2.16. The van der Waals surface area contributed by atoms with Crippen LogP contribution >= 0.6 is 11.3 Å². The average molecular weight is 214 g/mol. The number of rotatable bonds is 5. The smallest absolute Gasteiger partial charge is 0.0795 e. The number of hydrogen-bond acceptors (Lipinski definition) is 4. The summed E-state index contributed by atoms with van der Waals surface area (Å²) in [6.45, 7) is 7.15. The highest BCUT2D eigenvalue weighted by Gasteiger charge is 2.17. The number of aliphatic hydroxyl groups excluding tert-OH is 1. The maximum Gasteiger partial charge on any atom is 0.0795 e. The van der Waals surface area contributed by atoms with Gasteiger partial charge in [-0.2, -0.15) is 0 Å². The number of thiazole rings is 1. The van der Waals surface area contributed by atoms with E-state index in [-0.39, 0.29) is 18.1 Å². The quantitative estimate of drug-likeness (QED) is 0.786.